The summed E-state index contributed by atoms with van der Waals surface area (Å²) < 4.78 is 5.32. The highest BCUT2D eigenvalue weighted by molar-refractivity contribution is 5.90. The maximum Gasteiger partial charge on any atom is 0.334 e. The van der Waals surface area contributed by atoms with Crippen LogP contribution in [0.15, 0.2) is 24.3 Å². The third kappa shape index (κ3) is 2.42. The number of hydrogen-bond donors (Lipinski definition) is 2. The second kappa shape index (κ2) is 5.48. The van der Waals surface area contributed by atoms with E-state index in [-0.39, 0.29) is 11.8 Å². The van der Waals surface area contributed by atoms with Crippen LogP contribution >= 0.6 is 0 Å². The van der Waals surface area contributed by atoms with Crippen LogP contribution in [0, 0.1) is 5.92 Å². The van der Waals surface area contributed by atoms with Crippen molar-refractivity contribution in [3.8, 4) is 0 Å². The standard InChI is InChI=1S/C16H19NO4/c18-14(12-5-3-9-21-10-12)17-16(15(19)20)8-7-11-4-1-2-6-13(11)16/h1-2,4,6,12H,3,5,7-10H2,(H,17,18)(H,19,20). The van der Waals surface area contributed by atoms with Crippen LogP contribution in [-0.2, 0) is 26.3 Å². The number of nitrogens with one attached hydrogen (secondary N) is 1. The maximum atomic E-state index is 12.4. The Balaban J connectivity index is 1.86. The summed E-state index contributed by atoms with van der Waals surface area (Å²) in [7, 11) is 0. The number of carbonyl (C=O) groups is 2. The van der Waals surface area contributed by atoms with E-state index in [1.807, 2.05) is 18.2 Å². The molecular formula is C16H19NO4. The van der Waals surface area contributed by atoms with E-state index in [0.717, 1.165) is 18.4 Å². The van der Waals surface area contributed by atoms with Gasteiger partial charge in [0.1, 0.15) is 0 Å². The molecule has 2 N–H and O–H groups in total. The van der Waals surface area contributed by atoms with Gasteiger partial charge < -0.3 is 15.2 Å². The van der Waals surface area contributed by atoms with Gasteiger partial charge in [-0.15, -0.1) is 0 Å². The molecule has 0 radical (unpaired) electrons. The number of carboxylic acids is 1. The molecule has 1 saturated heterocycles. The highest BCUT2D eigenvalue weighted by atomic mass is 16.5. The third-order valence-corrected chi connectivity index (χ3v) is 4.48. The van der Waals surface area contributed by atoms with Crippen molar-refractivity contribution in [2.75, 3.05) is 13.2 Å². The minimum atomic E-state index is -1.29. The molecule has 0 saturated carbocycles. The normalized spacial score (nSPS) is 27.9. The molecule has 21 heavy (non-hydrogen) atoms. The molecule has 0 aromatic heterocycles. The summed E-state index contributed by atoms with van der Waals surface area (Å²) in [6.45, 7) is 1.06. The molecule has 112 valence electrons. The second-order valence-corrected chi connectivity index (χ2v) is 5.77. The molecule has 1 aromatic rings. The summed E-state index contributed by atoms with van der Waals surface area (Å²) in [5.41, 5.74) is 0.424. The fourth-order valence-electron chi connectivity index (χ4n) is 3.28. The predicted octanol–water partition coefficient (Wildman–Crippen LogP) is 1.46. The monoisotopic (exact) mass is 289 g/mol. The smallest absolute Gasteiger partial charge is 0.334 e. The van der Waals surface area contributed by atoms with Crippen LogP contribution in [0.3, 0.4) is 0 Å². The molecule has 2 aliphatic rings. The Kier molecular flexibility index (Phi) is 3.68. The maximum absolute atomic E-state index is 12.4. The van der Waals surface area contributed by atoms with Crippen molar-refractivity contribution in [3.63, 3.8) is 0 Å². The van der Waals surface area contributed by atoms with E-state index in [0.29, 0.717) is 31.6 Å². The van der Waals surface area contributed by atoms with E-state index in [4.69, 9.17) is 4.74 Å². The number of fused-ring (bicyclic) bond motifs is 1. The fourth-order valence-corrected chi connectivity index (χ4v) is 3.28. The Bertz CT molecular complexity index is 565. The number of rotatable bonds is 3. The van der Waals surface area contributed by atoms with Gasteiger partial charge in [0.05, 0.1) is 12.5 Å². The first-order valence-electron chi connectivity index (χ1n) is 7.35. The summed E-state index contributed by atoms with van der Waals surface area (Å²) >= 11 is 0. The Morgan fingerprint density at radius 3 is 2.86 bits per heavy atom. The van der Waals surface area contributed by atoms with Gasteiger partial charge in [0, 0.05) is 6.61 Å². The van der Waals surface area contributed by atoms with Crippen molar-refractivity contribution in [1.29, 1.82) is 0 Å². The molecule has 0 spiro atoms. The van der Waals surface area contributed by atoms with Crippen molar-refractivity contribution in [3.05, 3.63) is 35.4 Å². The van der Waals surface area contributed by atoms with Crippen molar-refractivity contribution in [1.82, 2.24) is 5.32 Å². The average molecular weight is 289 g/mol. The first-order chi connectivity index (χ1) is 10.1. The number of carboxylic acid groups (broad SMARTS) is 1. The zero-order chi connectivity index (χ0) is 14.9. The topological polar surface area (TPSA) is 75.6 Å². The van der Waals surface area contributed by atoms with Gasteiger partial charge in [0.25, 0.3) is 0 Å². The van der Waals surface area contributed by atoms with Crippen LogP contribution in [0.25, 0.3) is 0 Å². The number of benzene rings is 1. The molecule has 1 aliphatic carbocycles. The molecule has 1 aliphatic heterocycles. The lowest BCUT2D eigenvalue weighted by Crippen LogP contribution is -2.53. The zero-order valence-electron chi connectivity index (χ0n) is 11.8. The van der Waals surface area contributed by atoms with E-state index in [1.54, 1.807) is 6.07 Å². The third-order valence-electron chi connectivity index (χ3n) is 4.48. The Labute approximate surface area is 123 Å². The van der Waals surface area contributed by atoms with Gasteiger partial charge in [0.15, 0.2) is 5.54 Å². The summed E-state index contributed by atoms with van der Waals surface area (Å²) in [5.74, 6) is -1.45. The van der Waals surface area contributed by atoms with Crippen LogP contribution in [0.1, 0.15) is 30.4 Å². The fraction of sp³-hybridized carbons (Fsp3) is 0.500. The van der Waals surface area contributed by atoms with E-state index in [1.165, 1.54) is 0 Å². The number of ether oxygens (including phenoxy) is 1. The lowest BCUT2D eigenvalue weighted by atomic mass is 9.90. The van der Waals surface area contributed by atoms with Crippen LogP contribution in [0.5, 0.6) is 0 Å². The van der Waals surface area contributed by atoms with Gasteiger partial charge in [-0.2, -0.15) is 0 Å². The van der Waals surface area contributed by atoms with Crippen molar-refractivity contribution >= 4 is 11.9 Å². The first-order valence-corrected chi connectivity index (χ1v) is 7.35. The van der Waals surface area contributed by atoms with Crippen molar-refractivity contribution in [2.45, 2.75) is 31.2 Å². The molecule has 1 heterocycles. The Morgan fingerprint density at radius 2 is 2.14 bits per heavy atom. The molecule has 3 rings (SSSR count). The number of aliphatic carboxylic acids is 1. The minimum Gasteiger partial charge on any atom is -0.479 e. The van der Waals surface area contributed by atoms with Crippen LogP contribution < -0.4 is 5.32 Å². The molecule has 0 bridgehead atoms. The molecule has 1 fully saturated rings. The summed E-state index contributed by atoms with van der Waals surface area (Å²) in [6.07, 6.45) is 2.67. The molecule has 2 atom stereocenters. The number of aryl methyl sites for hydroxylation is 1. The average Bonchev–Trinajstić information content (AvgIpc) is 2.88. The SMILES string of the molecule is O=C(NC1(C(=O)O)CCc2ccccc21)C1CCCOC1. The second-order valence-electron chi connectivity index (χ2n) is 5.77. The Hall–Kier alpha value is -1.88. The van der Waals surface area contributed by atoms with Crippen molar-refractivity contribution < 1.29 is 19.4 Å². The zero-order valence-corrected chi connectivity index (χ0v) is 11.8. The molecule has 1 aromatic carbocycles. The quantitative estimate of drug-likeness (QED) is 0.883. The number of amides is 1. The largest absolute Gasteiger partial charge is 0.479 e. The van der Waals surface area contributed by atoms with E-state index < -0.39 is 11.5 Å². The van der Waals surface area contributed by atoms with E-state index >= 15 is 0 Å². The van der Waals surface area contributed by atoms with Gasteiger partial charge in [-0.1, -0.05) is 24.3 Å². The van der Waals surface area contributed by atoms with Gasteiger partial charge in [0.2, 0.25) is 5.91 Å². The highest BCUT2D eigenvalue weighted by Crippen LogP contribution is 2.37. The lowest BCUT2D eigenvalue weighted by molar-refractivity contribution is -0.149. The first kappa shape index (κ1) is 14.1. The van der Waals surface area contributed by atoms with E-state index in [2.05, 4.69) is 5.32 Å². The summed E-state index contributed by atoms with van der Waals surface area (Å²) in [6, 6.07) is 7.44. The summed E-state index contributed by atoms with van der Waals surface area (Å²) in [4.78, 5) is 24.3. The predicted molar refractivity (Wildman–Crippen MR) is 75.8 cm³/mol. The summed E-state index contributed by atoms with van der Waals surface area (Å²) in [5, 5.41) is 12.5. The lowest BCUT2D eigenvalue weighted by Gasteiger charge is -2.30. The Morgan fingerprint density at radius 1 is 1.33 bits per heavy atom. The van der Waals surface area contributed by atoms with Gasteiger partial charge in [-0.3, -0.25) is 4.79 Å². The van der Waals surface area contributed by atoms with Crippen LogP contribution in [0.2, 0.25) is 0 Å². The number of carbonyl (C=O) groups excluding carboxylic acids is 1. The minimum absolute atomic E-state index is 0.214. The van der Waals surface area contributed by atoms with Crippen LogP contribution in [0.4, 0.5) is 0 Å². The molecular weight excluding hydrogens is 270 g/mol. The highest BCUT2D eigenvalue weighted by Gasteiger charge is 2.47. The van der Waals surface area contributed by atoms with Crippen molar-refractivity contribution in [2.24, 2.45) is 5.92 Å². The molecule has 5 nitrogen and oxygen atoms in total. The molecule has 1 amide bonds. The van der Waals surface area contributed by atoms with E-state index in [9.17, 15) is 14.7 Å². The molecule has 2 unspecified atom stereocenters. The number of hydrogen-bond acceptors (Lipinski definition) is 3. The molecule has 5 heteroatoms. The van der Waals surface area contributed by atoms with Crippen LogP contribution in [-0.4, -0.2) is 30.2 Å². The van der Waals surface area contributed by atoms with Gasteiger partial charge in [-0.25, -0.2) is 4.79 Å². The van der Waals surface area contributed by atoms with Gasteiger partial charge in [-0.05, 0) is 36.8 Å². The van der Waals surface area contributed by atoms with Gasteiger partial charge >= 0.3 is 5.97 Å².